The first-order valence-corrected chi connectivity index (χ1v) is 7.61. The normalized spacial score (nSPS) is 23.0. The molecule has 1 N–H and O–H groups in total. The quantitative estimate of drug-likeness (QED) is 0.760. The van der Waals surface area contributed by atoms with Crippen molar-refractivity contribution in [2.75, 3.05) is 6.54 Å². The number of piperazine rings is 1. The lowest BCUT2D eigenvalue weighted by molar-refractivity contribution is -0.149. The second-order valence-electron chi connectivity index (χ2n) is 6.27. The number of nitrogens with one attached hydrogen (secondary N) is 1. The van der Waals surface area contributed by atoms with Gasteiger partial charge in [-0.3, -0.25) is 9.59 Å². The van der Waals surface area contributed by atoms with Crippen LogP contribution in [-0.2, 0) is 9.59 Å². The lowest BCUT2D eigenvalue weighted by atomic mass is 9.96. The van der Waals surface area contributed by atoms with Gasteiger partial charge in [-0.2, -0.15) is 0 Å². The molecule has 0 aliphatic carbocycles. The number of carbonyl (C=O) groups is 2. The number of hydrogen-bond donors (Lipinski definition) is 1. The van der Waals surface area contributed by atoms with Crippen molar-refractivity contribution >= 4 is 11.8 Å². The molecule has 4 nitrogen and oxygen atoms in total. The Morgan fingerprint density at radius 1 is 1.35 bits per heavy atom. The molecule has 2 unspecified atom stereocenters. The van der Waals surface area contributed by atoms with Crippen molar-refractivity contribution in [1.29, 1.82) is 0 Å². The summed E-state index contributed by atoms with van der Waals surface area (Å²) in [5.74, 6) is 0.448. The Labute approximate surface area is 122 Å². The van der Waals surface area contributed by atoms with E-state index in [9.17, 15) is 9.59 Å². The molecule has 0 aromatic heterocycles. The van der Waals surface area contributed by atoms with Crippen LogP contribution in [0.4, 0.5) is 0 Å². The molecule has 0 aromatic carbocycles. The van der Waals surface area contributed by atoms with E-state index in [1.165, 1.54) is 5.57 Å². The molecule has 0 radical (unpaired) electrons. The fourth-order valence-electron chi connectivity index (χ4n) is 2.49. The van der Waals surface area contributed by atoms with Crippen LogP contribution in [0, 0.1) is 5.92 Å². The topological polar surface area (TPSA) is 49.4 Å². The summed E-state index contributed by atoms with van der Waals surface area (Å²) in [6, 6.07) is -0.673. The zero-order chi connectivity index (χ0) is 15.3. The van der Waals surface area contributed by atoms with E-state index in [0.717, 1.165) is 6.42 Å². The fourth-order valence-corrected chi connectivity index (χ4v) is 2.49. The lowest BCUT2D eigenvalue weighted by Crippen LogP contribution is -2.63. The van der Waals surface area contributed by atoms with Crippen molar-refractivity contribution in [2.24, 2.45) is 5.92 Å². The van der Waals surface area contributed by atoms with Gasteiger partial charge in [-0.15, -0.1) is 0 Å². The Bertz CT molecular complexity index is 384. The van der Waals surface area contributed by atoms with Crippen molar-refractivity contribution in [3.05, 3.63) is 11.6 Å². The van der Waals surface area contributed by atoms with Gasteiger partial charge in [0.05, 0.1) is 0 Å². The van der Waals surface area contributed by atoms with Crippen molar-refractivity contribution in [2.45, 2.75) is 66.0 Å². The number of hydrogen-bond acceptors (Lipinski definition) is 2. The van der Waals surface area contributed by atoms with Crippen LogP contribution in [0.1, 0.15) is 53.9 Å². The maximum Gasteiger partial charge on any atom is 0.246 e. The predicted molar refractivity (Wildman–Crippen MR) is 81.2 cm³/mol. The Morgan fingerprint density at radius 2 is 2.00 bits per heavy atom. The Hall–Kier alpha value is -1.32. The van der Waals surface area contributed by atoms with Crippen LogP contribution in [0.25, 0.3) is 0 Å². The van der Waals surface area contributed by atoms with E-state index in [1.54, 1.807) is 4.90 Å². The number of allylic oxidation sites excluding steroid dienone is 1. The zero-order valence-electron chi connectivity index (χ0n) is 13.4. The first kappa shape index (κ1) is 16.7. The van der Waals surface area contributed by atoms with Gasteiger partial charge in [-0.05, 0) is 32.6 Å². The lowest BCUT2D eigenvalue weighted by Gasteiger charge is -2.39. The van der Waals surface area contributed by atoms with E-state index < -0.39 is 0 Å². The molecule has 114 valence electrons. The van der Waals surface area contributed by atoms with E-state index in [-0.39, 0.29) is 23.9 Å². The van der Waals surface area contributed by atoms with Crippen LogP contribution in [-0.4, -0.2) is 35.3 Å². The summed E-state index contributed by atoms with van der Waals surface area (Å²) in [6.07, 6.45) is 4.34. The third-order valence-corrected chi connectivity index (χ3v) is 3.54. The Balaban J connectivity index is 2.93. The highest BCUT2D eigenvalue weighted by molar-refractivity contribution is 5.97. The van der Waals surface area contributed by atoms with E-state index in [1.807, 2.05) is 26.8 Å². The van der Waals surface area contributed by atoms with E-state index in [4.69, 9.17) is 0 Å². The molecular formula is C16H28N2O2. The predicted octanol–water partition coefficient (Wildman–Crippen LogP) is 2.49. The first-order valence-electron chi connectivity index (χ1n) is 7.61. The van der Waals surface area contributed by atoms with Crippen LogP contribution < -0.4 is 5.32 Å². The highest BCUT2D eigenvalue weighted by Crippen LogP contribution is 2.19. The van der Waals surface area contributed by atoms with Gasteiger partial charge < -0.3 is 10.2 Å². The van der Waals surface area contributed by atoms with Crippen molar-refractivity contribution < 1.29 is 9.59 Å². The molecular weight excluding hydrogens is 252 g/mol. The van der Waals surface area contributed by atoms with E-state index in [0.29, 0.717) is 25.3 Å². The molecule has 0 saturated carbocycles. The minimum Gasteiger partial charge on any atom is -0.343 e. The van der Waals surface area contributed by atoms with Crippen molar-refractivity contribution in [3.63, 3.8) is 0 Å². The second kappa shape index (κ2) is 7.46. The molecule has 1 fully saturated rings. The van der Waals surface area contributed by atoms with Crippen LogP contribution >= 0.6 is 0 Å². The van der Waals surface area contributed by atoms with Gasteiger partial charge in [0.25, 0.3) is 0 Å². The number of rotatable bonds is 6. The molecule has 0 aromatic rings. The highest BCUT2D eigenvalue weighted by atomic mass is 16.2. The maximum atomic E-state index is 12.5. The zero-order valence-corrected chi connectivity index (χ0v) is 13.4. The second-order valence-corrected chi connectivity index (χ2v) is 6.27. The molecule has 1 saturated heterocycles. The van der Waals surface area contributed by atoms with E-state index in [2.05, 4.69) is 19.2 Å². The fraction of sp³-hybridized carbons (Fsp3) is 0.750. The molecule has 1 rings (SSSR count). The largest absolute Gasteiger partial charge is 0.343 e. The summed E-state index contributed by atoms with van der Waals surface area (Å²) in [4.78, 5) is 26.6. The monoisotopic (exact) mass is 280 g/mol. The number of amides is 2. The van der Waals surface area contributed by atoms with Crippen molar-refractivity contribution in [1.82, 2.24) is 10.2 Å². The van der Waals surface area contributed by atoms with Crippen LogP contribution in [0.2, 0.25) is 0 Å². The smallest absolute Gasteiger partial charge is 0.246 e. The highest BCUT2D eigenvalue weighted by Gasteiger charge is 2.39. The van der Waals surface area contributed by atoms with Gasteiger partial charge in [0.15, 0.2) is 0 Å². The Morgan fingerprint density at radius 3 is 2.50 bits per heavy atom. The molecule has 0 spiro atoms. The van der Waals surface area contributed by atoms with Gasteiger partial charge in [-0.1, -0.05) is 38.8 Å². The number of nitrogens with zero attached hydrogens (tertiary/aromatic N) is 1. The Kier molecular flexibility index (Phi) is 6.24. The molecule has 20 heavy (non-hydrogen) atoms. The first-order chi connectivity index (χ1) is 9.36. The summed E-state index contributed by atoms with van der Waals surface area (Å²) >= 11 is 0. The van der Waals surface area contributed by atoms with Crippen LogP contribution in [0.15, 0.2) is 11.6 Å². The third-order valence-electron chi connectivity index (χ3n) is 3.54. The number of carbonyl (C=O) groups excluding carboxylic acids is 2. The molecule has 1 aliphatic rings. The average molecular weight is 280 g/mol. The minimum atomic E-state index is -0.346. The molecule has 1 aliphatic heterocycles. The van der Waals surface area contributed by atoms with Gasteiger partial charge in [0.2, 0.25) is 11.8 Å². The molecule has 2 amide bonds. The van der Waals surface area contributed by atoms with Gasteiger partial charge >= 0.3 is 0 Å². The molecule has 1 heterocycles. The minimum absolute atomic E-state index is 0.00101. The van der Waals surface area contributed by atoms with Crippen LogP contribution in [0.5, 0.6) is 0 Å². The summed E-state index contributed by atoms with van der Waals surface area (Å²) in [5, 5.41) is 2.89. The third kappa shape index (κ3) is 4.36. The molecule has 2 atom stereocenters. The van der Waals surface area contributed by atoms with E-state index >= 15 is 0 Å². The molecule has 4 heteroatoms. The summed E-state index contributed by atoms with van der Waals surface area (Å²) in [7, 11) is 0. The summed E-state index contributed by atoms with van der Waals surface area (Å²) in [5.41, 5.74) is 1.17. The summed E-state index contributed by atoms with van der Waals surface area (Å²) < 4.78 is 0. The average Bonchev–Trinajstić information content (AvgIpc) is 2.34. The summed E-state index contributed by atoms with van der Waals surface area (Å²) in [6.45, 7) is 10.7. The van der Waals surface area contributed by atoms with Crippen LogP contribution in [0.3, 0.4) is 0 Å². The maximum absolute atomic E-state index is 12.5. The van der Waals surface area contributed by atoms with Gasteiger partial charge in [-0.25, -0.2) is 0 Å². The molecule has 0 bridgehead atoms. The standard InChI is InChI=1S/C16H28N2O2/c1-6-7-13-16(20)18(9-8-11(2)3)14(10-12(4)5)15(19)17-13/h8,12-14H,6-7,9-10H2,1-5H3,(H,17,19). The SMILES string of the molecule is CCCC1NC(=O)C(CC(C)C)N(CC=C(C)C)C1=O. The van der Waals surface area contributed by atoms with Crippen molar-refractivity contribution in [3.8, 4) is 0 Å². The van der Waals surface area contributed by atoms with Gasteiger partial charge in [0.1, 0.15) is 12.1 Å². The van der Waals surface area contributed by atoms with Gasteiger partial charge in [0, 0.05) is 6.54 Å².